The summed E-state index contributed by atoms with van der Waals surface area (Å²) in [4.78, 5) is 12.4. The number of carbonyl (C=O) groups excluding carboxylic acids is 1. The highest BCUT2D eigenvalue weighted by Gasteiger charge is 2.11. The van der Waals surface area contributed by atoms with Crippen LogP contribution in [0.5, 0.6) is 5.75 Å². The lowest BCUT2D eigenvalue weighted by molar-refractivity contribution is 0.0940. The molecule has 0 fully saturated rings. The van der Waals surface area contributed by atoms with Crippen molar-refractivity contribution in [3.05, 3.63) is 101 Å². The molecule has 0 unspecified atom stereocenters. The molecule has 132 valence electrons. The van der Waals surface area contributed by atoms with Gasteiger partial charge in [0.15, 0.2) is 0 Å². The summed E-state index contributed by atoms with van der Waals surface area (Å²) in [6.45, 7) is 2.35. The van der Waals surface area contributed by atoms with Crippen LogP contribution >= 0.6 is 11.6 Å². The molecule has 1 atom stereocenters. The quantitative estimate of drug-likeness (QED) is 0.634. The van der Waals surface area contributed by atoms with Crippen LogP contribution in [0.15, 0.2) is 78.9 Å². The van der Waals surface area contributed by atoms with E-state index in [9.17, 15) is 4.79 Å². The zero-order chi connectivity index (χ0) is 18.4. The first-order chi connectivity index (χ1) is 12.6. The van der Waals surface area contributed by atoms with Crippen molar-refractivity contribution < 1.29 is 9.53 Å². The molecule has 0 spiro atoms. The molecule has 0 bridgehead atoms. The summed E-state index contributed by atoms with van der Waals surface area (Å²) in [7, 11) is 0. The molecular weight excluding hydrogens is 346 g/mol. The minimum atomic E-state index is -0.112. The molecular formula is C22H20ClNO2. The van der Waals surface area contributed by atoms with Gasteiger partial charge in [-0.15, -0.1) is 0 Å². The van der Waals surface area contributed by atoms with Gasteiger partial charge in [-0.1, -0.05) is 60.1 Å². The van der Waals surface area contributed by atoms with Crippen LogP contribution in [0.3, 0.4) is 0 Å². The van der Waals surface area contributed by atoms with Crippen molar-refractivity contribution in [2.24, 2.45) is 0 Å². The molecule has 1 amide bonds. The Bertz CT molecular complexity index is 863. The third kappa shape index (κ3) is 4.64. The molecule has 4 heteroatoms. The Balaban J connectivity index is 1.58. The highest BCUT2D eigenvalue weighted by molar-refractivity contribution is 6.31. The first kappa shape index (κ1) is 18.0. The van der Waals surface area contributed by atoms with Gasteiger partial charge in [-0.2, -0.15) is 0 Å². The second-order valence-electron chi connectivity index (χ2n) is 6.01. The third-order valence-electron chi connectivity index (χ3n) is 4.12. The van der Waals surface area contributed by atoms with E-state index in [4.69, 9.17) is 16.3 Å². The van der Waals surface area contributed by atoms with Crippen molar-refractivity contribution in [2.75, 3.05) is 0 Å². The van der Waals surface area contributed by atoms with E-state index >= 15 is 0 Å². The molecule has 1 N–H and O–H groups in total. The molecule has 0 heterocycles. The lowest BCUT2D eigenvalue weighted by Crippen LogP contribution is -2.26. The molecule has 0 saturated carbocycles. The first-order valence-corrected chi connectivity index (χ1v) is 8.83. The van der Waals surface area contributed by atoms with E-state index in [1.165, 1.54) is 0 Å². The maximum atomic E-state index is 12.4. The van der Waals surface area contributed by atoms with Gasteiger partial charge in [-0.25, -0.2) is 0 Å². The van der Waals surface area contributed by atoms with Gasteiger partial charge in [0, 0.05) is 16.1 Å². The van der Waals surface area contributed by atoms with Gasteiger partial charge in [-0.3, -0.25) is 4.79 Å². The summed E-state index contributed by atoms with van der Waals surface area (Å²) in [6, 6.07) is 24.5. The topological polar surface area (TPSA) is 38.3 Å². The van der Waals surface area contributed by atoms with E-state index < -0.39 is 0 Å². The van der Waals surface area contributed by atoms with Gasteiger partial charge in [0.25, 0.3) is 5.91 Å². The maximum absolute atomic E-state index is 12.4. The van der Waals surface area contributed by atoms with E-state index in [0.29, 0.717) is 22.9 Å². The summed E-state index contributed by atoms with van der Waals surface area (Å²) < 4.78 is 5.74. The van der Waals surface area contributed by atoms with Gasteiger partial charge in [0.1, 0.15) is 12.4 Å². The van der Waals surface area contributed by atoms with Crippen LogP contribution in [0.2, 0.25) is 5.02 Å². The third-order valence-corrected chi connectivity index (χ3v) is 4.48. The van der Waals surface area contributed by atoms with Crippen LogP contribution in [0.4, 0.5) is 0 Å². The summed E-state index contributed by atoms with van der Waals surface area (Å²) in [5.74, 6) is 0.580. The van der Waals surface area contributed by atoms with Crippen LogP contribution in [0, 0.1) is 0 Å². The van der Waals surface area contributed by atoms with Gasteiger partial charge in [0.2, 0.25) is 0 Å². The predicted octanol–water partition coefficient (Wildman–Crippen LogP) is 5.41. The van der Waals surface area contributed by atoms with Crippen molar-refractivity contribution in [3.8, 4) is 5.75 Å². The molecule has 3 rings (SSSR count). The normalized spacial score (nSPS) is 11.6. The van der Waals surface area contributed by atoms with E-state index in [0.717, 1.165) is 11.1 Å². The van der Waals surface area contributed by atoms with Crippen LogP contribution in [0.1, 0.15) is 34.5 Å². The van der Waals surface area contributed by atoms with Gasteiger partial charge >= 0.3 is 0 Å². The largest absolute Gasteiger partial charge is 0.489 e. The van der Waals surface area contributed by atoms with Crippen LogP contribution in [0.25, 0.3) is 0 Å². The van der Waals surface area contributed by atoms with Crippen LogP contribution < -0.4 is 10.1 Å². The molecule has 0 radical (unpaired) electrons. The lowest BCUT2D eigenvalue weighted by Gasteiger charge is -2.14. The van der Waals surface area contributed by atoms with E-state index in [1.807, 2.05) is 61.5 Å². The molecule has 0 aliphatic rings. The fraction of sp³-hybridized carbons (Fsp3) is 0.136. The molecule has 3 nitrogen and oxygen atoms in total. The van der Waals surface area contributed by atoms with Crippen molar-refractivity contribution >= 4 is 17.5 Å². The standard InChI is InChI=1S/C22H20ClNO2/c1-16(17-7-3-2-4-8-17)24-22(25)18-11-13-20(14-12-18)26-15-19-9-5-6-10-21(19)23/h2-14,16H,15H2,1H3,(H,24,25)/t16-/m0/s1. The second-order valence-corrected chi connectivity index (χ2v) is 6.42. The Hall–Kier alpha value is -2.78. The Morgan fingerprint density at radius 1 is 0.962 bits per heavy atom. The van der Waals surface area contributed by atoms with Crippen molar-refractivity contribution in [2.45, 2.75) is 19.6 Å². The minimum absolute atomic E-state index is 0.0557. The number of benzene rings is 3. The Kier molecular flexibility index (Phi) is 5.92. The number of rotatable bonds is 6. The lowest BCUT2D eigenvalue weighted by atomic mass is 10.1. The number of hydrogen-bond acceptors (Lipinski definition) is 2. The zero-order valence-electron chi connectivity index (χ0n) is 14.5. The SMILES string of the molecule is C[C@H](NC(=O)c1ccc(OCc2ccccc2Cl)cc1)c1ccccc1. The summed E-state index contributed by atoms with van der Waals surface area (Å²) in [5.41, 5.74) is 2.59. The molecule has 0 aliphatic carbocycles. The van der Waals surface area contributed by atoms with Crippen LogP contribution in [-0.2, 0) is 6.61 Å². The fourth-order valence-corrected chi connectivity index (χ4v) is 2.77. The summed E-state index contributed by atoms with van der Waals surface area (Å²) in [6.07, 6.45) is 0. The Morgan fingerprint density at radius 3 is 2.31 bits per heavy atom. The monoisotopic (exact) mass is 365 g/mol. The number of halogens is 1. The van der Waals surface area contributed by atoms with Gasteiger partial charge < -0.3 is 10.1 Å². The number of ether oxygens (including phenoxy) is 1. The summed E-state index contributed by atoms with van der Waals surface area (Å²) >= 11 is 6.12. The Labute approximate surface area is 158 Å². The number of carbonyl (C=O) groups is 1. The predicted molar refractivity (Wildman–Crippen MR) is 105 cm³/mol. The average Bonchev–Trinajstić information content (AvgIpc) is 2.68. The van der Waals surface area contributed by atoms with E-state index in [1.54, 1.807) is 24.3 Å². The summed E-state index contributed by atoms with van der Waals surface area (Å²) in [5, 5.41) is 3.68. The van der Waals surface area contributed by atoms with E-state index in [-0.39, 0.29) is 11.9 Å². The average molecular weight is 366 g/mol. The smallest absolute Gasteiger partial charge is 0.251 e. The molecule has 0 saturated heterocycles. The molecule has 0 aliphatic heterocycles. The maximum Gasteiger partial charge on any atom is 0.251 e. The van der Waals surface area contributed by atoms with Gasteiger partial charge in [0.05, 0.1) is 6.04 Å². The van der Waals surface area contributed by atoms with Crippen molar-refractivity contribution in [1.82, 2.24) is 5.32 Å². The van der Waals surface area contributed by atoms with Gasteiger partial charge in [-0.05, 0) is 42.8 Å². The fourth-order valence-electron chi connectivity index (χ4n) is 2.58. The highest BCUT2D eigenvalue weighted by atomic mass is 35.5. The molecule has 26 heavy (non-hydrogen) atoms. The van der Waals surface area contributed by atoms with Crippen molar-refractivity contribution in [1.29, 1.82) is 0 Å². The highest BCUT2D eigenvalue weighted by Crippen LogP contribution is 2.19. The number of hydrogen-bond donors (Lipinski definition) is 1. The molecule has 3 aromatic rings. The van der Waals surface area contributed by atoms with Crippen LogP contribution in [-0.4, -0.2) is 5.91 Å². The van der Waals surface area contributed by atoms with Crippen molar-refractivity contribution in [3.63, 3.8) is 0 Å². The first-order valence-electron chi connectivity index (χ1n) is 8.45. The molecule has 3 aromatic carbocycles. The Morgan fingerprint density at radius 2 is 1.62 bits per heavy atom. The number of amides is 1. The minimum Gasteiger partial charge on any atom is -0.489 e. The second kappa shape index (κ2) is 8.54. The zero-order valence-corrected chi connectivity index (χ0v) is 15.2. The number of nitrogens with one attached hydrogen (secondary N) is 1. The molecule has 0 aromatic heterocycles. The van der Waals surface area contributed by atoms with E-state index in [2.05, 4.69) is 5.32 Å².